The Bertz CT molecular complexity index is 726. The van der Waals surface area contributed by atoms with E-state index >= 15 is 0 Å². The van der Waals surface area contributed by atoms with Gasteiger partial charge in [0.1, 0.15) is 4.83 Å². The van der Waals surface area contributed by atoms with Gasteiger partial charge in [-0.3, -0.25) is 4.98 Å². The van der Waals surface area contributed by atoms with Crippen LogP contribution in [0.2, 0.25) is 0 Å². The van der Waals surface area contributed by atoms with Gasteiger partial charge in [0.25, 0.3) is 0 Å². The summed E-state index contributed by atoms with van der Waals surface area (Å²) in [5.41, 5.74) is 0.172. The Balaban J connectivity index is 2.28. The molecule has 1 N–H and O–H groups in total. The predicted molar refractivity (Wildman–Crippen MR) is 68.2 cm³/mol. The van der Waals surface area contributed by atoms with Crippen LogP contribution in [0.3, 0.4) is 0 Å². The fraction of sp³-hybridized carbons (Fsp3) is 0.500. The third-order valence-corrected chi connectivity index (χ3v) is 4.67. The van der Waals surface area contributed by atoms with Crippen LogP contribution in [-0.4, -0.2) is 10.6 Å². The summed E-state index contributed by atoms with van der Waals surface area (Å²) in [5.74, 6) is -0.703. The third kappa shape index (κ3) is 1.64. The predicted octanol–water partition coefficient (Wildman–Crippen LogP) is 1.78. The van der Waals surface area contributed by atoms with E-state index in [1.54, 1.807) is 0 Å². The summed E-state index contributed by atoms with van der Waals surface area (Å²) >= 11 is 1.40. The number of fused-ring (bicyclic) bond motifs is 3. The maximum Gasteiger partial charge on any atom is 0.420 e. The summed E-state index contributed by atoms with van der Waals surface area (Å²) in [7, 11) is 0. The molecule has 5 nitrogen and oxygen atoms in total. The van der Waals surface area contributed by atoms with Gasteiger partial charge in [-0.2, -0.15) is 0 Å². The average molecular weight is 267 g/mol. The minimum absolute atomic E-state index is 0.246. The maximum absolute atomic E-state index is 11.8. The van der Waals surface area contributed by atoms with Gasteiger partial charge in [-0.1, -0.05) is 6.92 Å². The van der Waals surface area contributed by atoms with Gasteiger partial charge in [0.05, 0.1) is 17.6 Å². The summed E-state index contributed by atoms with van der Waals surface area (Å²) in [5, 5.41) is 0.512. The second-order valence-corrected chi connectivity index (χ2v) is 5.88. The van der Waals surface area contributed by atoms with Crippen molar-refractivity contribution in [3.63, 3.8) is 0 Å². The van der Waals surface area contributed by atoms with Crippen LogP contribution in [0.15, 0.2) is 14.0 Å². The zero-order valence-electron chi connectivity index (χ0n) is 10.2. The lowest BCUT2D eigenvalue weighted by molar-refractivity contribution is -0.0543. The number of aromatic nitrogens is 1. The number of hydrogen-bond donors (Lipinski definition) is 1. The van der Waals surface area contributed by atoms with Gasteiger partial charge in [-0.25, -0.2) is 9.59 Å². The molecule has 0 fully saturated rings. The SMILES string of the molecule is CCC1(C)Cc2c(sc3[nH]c(=O)oc(=O)c23)CO1. The molecule has 0 bridgehead atoms. The molecule has 2 aromatic heterocycles. The Kier molecular flexibility index (Phi) is 2.46. The Morgan fingerprint density at radius 1 is 1.44 bits per heavy atom. The highest BCUT2D eigenvalue weighted by atomic mass is 32.1. The van der Waals surface area contributed by atoms with Crippen molar-refractivity contribution in [2.24, 2.45) is 0 Å². The van der Waals surface area contributed by atoms with E-state index in [2.05, 4.69) is 16.3 Å². The molecule has 0 aliphatic carbocycles. The molecular formula is C12H13NO4S. The molecule has 0 saturated heterocycles. The van der Waals surface area contributed by atoms with Crippen molar-refractivity contribution in [2.75, 3.05) is 0 Å². The van der Waals surface area contributed by atoms with Gasteiger partial charge in [-0.05, 0) is 18.9 Å². The molecule has 96 valence electrons. The zero-order chi connectivity index (χ0) is 12.9. The second-order valence-electron chi connectivity index (χ2n) is 4.78. The van der Waals surface area contributed by atoms with Gasteiger partial charge in [0.2, 0.25) is 0 Å². The Hall–Kier alpha value is -1.40. The minimum Gasteiger partial charge on any atom is -0.372 e. The number of ether oxygens (including phenoxy) is 1. The summed E-state index contributed by atoms with van der Waals surface area (Å²) in [6, 6.07) is 0. The molecule has 0 spiro atoms. The molecular weight excluding hydrogens is 254 g/mol. The lowest BCUT2D eigenvalue weighted by atomic mass is 9.90. The fourth-order valence-electron chi connectivity index (χ4n) is 2.27. The van der Waals surface area contributed by atoms with Crippen LogP contribution < -0.4 is 11.4 Å². The molecule has 0 radical (unpaired) electrons. The summed E-state index contributed by atoms with van der Waals surface area (Å²) in [4.78, 5) is 27.1. The third-order valence-electron chi connectivity index (χ3n) is 3.55. The minimum atomic E-state index is -0.703. The van der Waals surface area contributed by atoms with Crippen LogP contribution in [-0.2, 0) is 17.8 Å². The molecule has 1 atom stereocenters. The van der Waals surface area contributed by atoms with Crippen molar-refractivity contribution < 1.29 is 9.15 Å². The number of rotatable bonds is 1. The van der Waals surface area contributed by atoms with E-state index in [-0.39, 0.29) is 5.60 Å². The van der Waals surface area contributed by atoms with Gasteiger partial charge < -0.3 is 9.15 Å². The van der Waals surface area contributed by atoms with E-state index in [0.717, 1.165) is 16.9 Å². The van der Waals surface area contributed by atoms with Crippen molar-refractivity contribution in [1.29, 1.82) is 0 Å². The lowest BCUT2D eigenvalue weighted by Crippen LogP contribution is -2.34. The largest absolute Gasteiger partial charge is 0.420 e. The molecule has 3 heterocycles. The van der Waals surface area contributed by atoms with Gasteiger partial charge in [-0.15, -0.1) is 11.3 Å². The second kappa shape index (κ2) is 3.80. The van der Waals surface area contributed by atoms with E-state index in [9.17, 15) is 9.59 Å². The number of H-pyrrole nitrogens is 1. The Morgan fingerprint density at radius 2 is 2.22 bits per heavy atom. The first-order chi connectivity index (χ1) is 8.52. The van der Waals surface area contributed by atoms with Crippen molar-refractivity contribution in [2.45, 2.75) is 38.9 Å². The first kappa shape index (κ1) is 11.7. The van der Waals surface area contributed by atoms with Gasteiger partial charge in [0, 0.05) is 11.3 Å². The summed E-state index contributed by atoms with van der Waals surface area (Å²) in [6.07, 6.45) is 1.55. The van der Waals surface area contributed by atoms with Crippen LogP contribution in [0.25, 0.3) is 10.2 Å². The van der Waals surface area contributed by atoms with Crippen molar-refractivity contribution in [3.8, 4) is 0 Å². The van der Waals surface area contributed by atoms with E-state index in [0.29, 0.717) is 23.2 Å². The molecule has 2 aromatic rings. The molecule has 0 amide bonds. The standard InChI is InChI=1S/C12H13NO4S/c1-3-12(2)4-6-7(5-16-12)18-9-8(6)10(14)17-11(15)13-9/h3-5H2,1-2H3,(H,13,15). The van der Waals surface area contributed by atoms with Crippen LogP contribution in [0.1, 0.15) is 30.7 Å². The number of thiophene rings is 1. The molecule has 3 rings (SSSR count). The topological polar surface area (TPSA) is 72.3 Å². The lowest BCUT2D eigenvalue weighted by Gasteiger charge is -2.32. The number of aromatic amines is 1. The highest BCUT2D eigenvalue weighted by Crippen LogP contribution is 2.37. The zero-order valence-corrected chi connectivity index (χ0v) is 11.0. The highest BCUT2D eigenvalue weighted by molar-refractivity contribution is 7.18. The van der Waals surface area contributed by atoms with Crippen molar-refractivity contribution >= 4 is 21.6 Å². The van der Waals surface area contributed by atoms with Gasteiger partial charge in [0.15, 0.2) is 0 Å². The molecule has 1 unspecified atom stereocenters. The number of nitrogens with one attached hydrogen (secondary N) is 1. The molecule has 1 aliphatic rings. The molecule has 18 heavy (non-hydrogen) atoms. The Morgan fingerprint density at radius 3 is 2.94 bits per heavy atom. The van der Waals surface area contributed by atoms with Crippen molar-refractivity contribution in [3.05, 3.63) is 31.4 Å². The average Bonchev–Trinajstić information content (AvgIpc) is 2.66. The van der Waals surface area contributed by atoms with Crippen LogP contribution in [0, 0.1) is 0 Å². The quantitative estimate of drug-likeness (QED) is 0.855. The molecule has 0 aromatic carbocycles. The van der Waals surface area contributed by atoms with E-state index in [4.69, 9.17) is 4.74 Å². The van der Waals surface area contributed by atoms with Crippen LogP contribution in [0.4, 0.5) is 0 Å². The first-order valence-electron chi connectivity index (χ1n) is 5.84. The fourth-order valence-corrected chi connectivity index (χ4v) is 3.37. The maximum atomic E-state index is 11.8. The van der Waals surface area contributed by atoms with E-state index in [1.165, 1.54) is 11.3 Å². The molecule has 0 saturated carbocycles. The van der Waals surface area contributed by atoms with E-state index < -0.39 is 11.4 Å². The summed E-state index contributed by atoms with van der Waals surface area (Å²) < 4.78 is 10.4. The van der Waals surface area contributed by atoms with Gasteiger partial charge >= 0.3 is 11.4 Å². The Labute approximate surface area is 106 Å². The molecule has 6 heteroatoms. The molecule has 1 aliphatic heterocycles. The monoisotopic (exact) mass is 267 g/mol. The number of hydrogen-bond acceptors (Lipinski definition) is 5. The van der Waals surface area contributed by atoms with Crippen LogP contribution >= 0.6 is 11.3 Å². The first-order valence-corrected chi connectivity index (χ1v) is 6.66. The normalized spacial score (nSPS) is 23.2. The van der Waals surface area contributed by atoms with E-state index in [1.807, 2.05) is 6.92 Å². The summed E-state index contributed by atoms with van der Waals surface area (Å²) in [6.45, 7) is 4.58. The highest BCUT2D eigenvalue weighted by Gasteiger charge is 2.32. The van der Waals surface area contributed by atoms with Crippen molar-refractivity contribution in [1.82, 2.24) is 4.98 Å². The van der Waals surface area contributed by atoms with Crippen LogP contribution in [0.5, 0.6) is 0 Å². The smallest absolute Gasteiger partial charge is 0.372 e.